The Morgan fingerprint density at radius 3 is 2.32 bits per heavy atom. The molecule has 0 radical (unpaired) electrons. The third-order valence-electron chi connectivity index (χ3n) is 3.56. The molecule has 0 aliphatic carbocycles. The molecule has 0 amide bonds. The molecule has 0 saturated carbocycles. The molecule has 1 aliphatic heterocycles. The zero-order valence-electron chi connectivity index (χ0n) is 10.6. The maximum Gasteiger partial charge on any atom is 0.243 e. The Balaban J connectivity index is 2.07. The maximum absolute atomic E-state index is 12.4. The maximum atomic E-state index is 12.4. The molecule has 0 aromatic heterocycles. The van der Waals surface area contributed by atoms with Crippen LogP contribution in [0.2, 0.25) is 5.02 Å². The summed E-state index contributed by atoms with van der Waals surface area (Å²) in [5.41, 5.74) is 0. The lowest BCUT2D eigenvalue weighted by molar-refractivity contribution is 0.208. The zero-order valence-corrected chi connectivity index (χ0v) is 12.2. The van der Waals surface area contributed by atoms with Gasteiger partial charge in [-0.1, -0.05) is 11.6 Å². The van der Waals surface area contributed by atoms with Crippen LogP contribution in [0.25, 0.3) is 0 Å². The van der Waals surface area contributed by atoms with Gasteiger partial charge in [-0.15, -0.1) is 0 Å². The molecule has 0 bridgehead atoms. The number of aliphatic hydroxyl groups excluding tert-OH is 1. The van der Waals surface area contributed by atoms with Crippen molar-refractivity contribution >= 4 is 21.6 Å². The minimum atomic E-state index is -3.40. The van der Waals surface area contributed by atoms with Crippen molar-refractivity contribution in [1.82, 2.24) is 4.31 Å². The Morgan fingerprint density at radius 2 is 1.79 bits per heavy atom. The number of sulfonamides is 1. The molecular weight excluding hydrogens is 286 g/mol. The first kappa shape index (κ1) is 14.8. The van der Waals surface area contributed by atoms with E-state index >= 15 is 0 Å². The second-order valence-electron chi connectivity index (χ2n) is 4.81. The van der Waals surface area contributed by atoms with Crippen molar-refractivity contribution in [2.45, 2.75) is 24.2 Å². The molecule has 1 aromatic rings. The summed E-state index contributed by atoms with van der Waals surface area (Å²) in [5, 5.41) is 9.43. The van der Waals surface area contributed by atoms with Crippen LogP contribution < -0.4 is 0 Å². The SMILES string of the molecule is O=S(=O)(c1ccc(Cl)cc1)N1CCC(CCO)CC1. The second kappa shape index (κ2) is 6.22. The first-order valence-electron chi connectivity index (χ1n) is 6.40. The molecule has 1 aromatic carbocycles. The Hall–Kier alpha value is -0.620. The van der Waals surface area contributed by atoms with Crippen LogP contribution in [0.1, 0.15) is 19.3 Å². The van der Waals surface area contributed by atoms with Crippen LogP contribution in [0, 0.1) is 5.92 Å². The van der Waals surface area contributed by atoms with Crippen molar-refractivity contribution in [2.24, 2.45) is 5.92 Å². The Morgan fingerprint density at radius 1 is 1.21 bits per heavy atom. The second-order valence-corrected chi connectivity index (χ2v) is 7.19. The standard InChI is InChI=1S/C13H18ClNO3S/c14-12-1-3-13(4-2-12)19(17,18)15-8-5-11(6-9-15)7-10-16/h1-4,11,16H,5-10H2. The number of nitrogens with zero attached hydrogens (tertiary/aromatic N) is 1. The molecule has 0 atom stereocenters. The zero-order chi connectivity index (χ0) is 13.9. The fraction of sp³-hybridized carbons (Fsp3) is 0.538. The molecule has 1 N–H and O–H groups in total. The van der Waals surface area contributed by atoms with Gasteiger partial charge >= 0.3 is 0 Å². The van der Waals surface area contributed by atoms with E-state index in [-0.39, 0.29) is 11.5 Å². The molecular formula is C13H18ClNO3S. The smallest absolute Gasteiger partial charge is 0.243 e. The highest BCUT2D eigenvalue weighted by molar-refractivity contribution is 7.89. The number of hydrogen-bond donors (Lipinski definition) is 1. The molecule has 19 heavy (non-hydrogen) atoms. The fourth-order valence-electron chi connectivity index (χ4n) is 2.38. The Labute approximate surface area is 119 Å². The lowest BCUT2D eigenvalue weighted by atomic mass is 9.95. The van der Waals surface area contributed by atoms with Crippen LogP contribution in [0.3, 0.4) is 0 Å². The first-order valence-corrected chi connectivity index (χ1v) is 8.22. The predicted octanol–water partition coefficient (Wildman–Crippen LogP) is 2.12. The summed E-state index contributed by atoms with van der Waals surface area (Å²) >= 11 is 5.77. The fourth-order valence-corrected chi connectivity index (χ4v) is 3.97. The summed E-state index contributed by atoms with van der Waals surface area (Å²) in [4.78, 5) is 0.289. The highest BCUT2D eigenvalue weighted by Gasteiger charge is 2.28. The van der Waals surface area contributed by atoms with Crippen LogP contribution in [0.15, 0.2) is 29.2 Å². The number of hydrogen-bond acceptors (Lipinski definition) is 3. The molecule has 4 nitrogen and oxygen atoms in total. The summed E-state index contributed by atoms with van der Waals surface area (Å²) in [6.07, 6.45) is 2.38. The van der Waals surface area contributed by atoms with E-state index in [2.05, 4.69) is 0 Å². The van der Waals surface area contributed by atoms with Gasteiger partial charge in [-0.3, -0.25) is 0 Å². The normalized spacial score (nSPS) is 18.6. The molecule has 0 spiro atoms. The lowest BCUT2D eigenvalue weighted by Gasteiger charge is -2.30. The molecule has 0 unspecified atom stereocenters. The first-order chi connectivity index (χ1) is 9.04. The van der Waals surface area contributed by atoms with Gasteiger partial charge in [0.15, 0.2) is 0 Å². The van der Waals surface area contributed by atoms with Gasteiger partial charge in [0.25, 0.3) is 0 Å². The van der Waals surface area contributed by atoms with Gasteiger partial charge in [0.2, 0.25) is 10.0 Å². The van der Waals surface area contributed by atoms with Gasteiger partial charge in [0.1, 0.15) is 0 Å². The van der Waals surface area contributed by atoms with Crippen molar-refractivity contribution < 1.29 is 13.5 Å². The minimum absolute atomic E-state index is 0.175. The van der Waals surface area contributed by atoms with Gasteiger partial charge in [-0.05, 0) is 49.4 Å². The van der Waals surface area contributed by atoms with Crippen molar-refractivity contribution in [2.75, 3.05) is 19.7 Å². The molecule has 1 aliphatic rings. The van der Waals surface area contributed by atoms with Gasteiger partial charge in [0, 0.05) is 24.7 Å². The Kier molecular flexibility index (Phi) is 4.84. The average molecular weight is 304 g/mol. The molecule has 1 heterocycles. The third kappa shape index (κ3) is 3.48. The third-order valence-corrected chi connectivity index (χ3v) is 5.73. The molecule has 1 fully saturated rings. The van der Waals surface area contributed by atoms with Crippen molar-refractivity contribution in [1.29, 1.82) is 0 Å². The van der Waals surface area contributed by atoms with E-state index in [9.17, 15) is 8.42 Å². The summed E-state index contributed by atoms with van der Waals surface area (Å²) in [6.45, 7) is 1.22. The highest BCUT2D eigenvalue weighted by atomic mass is 35.5. The van der Waals surface area contributed by atoms with Crippen LogP contribution in [0.5, 0.6) is 0 Å². The minimum Gasteiger partial charge on any atom is -0.396 e. The number of rotatable bonds is 4. The monoisotopic (exact) mass is 303 g/mol. The van der Waals surface area contributed by atoms with Crippen molar-refractivity contribution in [3.05, 3.63) is 29.3 Å². The highest BCUT2D eigenvalue weighted by Crippen LogP contribution is 2.25. The molecule has 2 rings (SSSR count). The van der Waals surface area contributed by atoms with Crippen molar-refractivity contribution in [3.8, 4) is 0 Å². The Bertz CT molecular complexity index is 507. The topological polar surface area (TPSA) is 57.6 Å². The number of piperidine rings is 1. The van der Waals surface area contributed by atoms with Crippen LogP contribution in [0.4, 0.5) is 0 Å². The van der Waals surface area contributed by atoms with Gasteiger partial charge in [0.05, 0.1) is 4.90 Å². The quantitative estimate of drug-likeness (QED) is 0.927. The summed E-state index contributed by atoms with van der Waals surface area (Å²) in [5.74, 6) is 0.432. The summed E-state index contributed by atoms with van der Waals surface area (Å²) in [7, 11) is -3.40. The van der Waals surface area contributed by atoms with Gasteiger partial charge < -0.3 is 5.11 Å². The van der Waals surface area contributed by atoms with Crippen LogP contribution >= 0.6 is 11.6 Å². The van der Waals surface area contributed by atoms with Gasteiger partial charge in [-0.25, -0.2) is 8.42 Å². The predicted molar refractivity (Wildman–Crippen MR) is 74.6 cm³/mol. The van der Waals surface area contributed by atoms with Crippen LogP contribution in [-0.4, -0.2) is 37.5 Å². The van der Waals surface area contributed by atoms with E-state index in [1.54, 1.807) is 12.1 Å². The lowest BCUT2D eigenvalue weighted by Crippen LogP contribution is -2.38. The molecule has 1 saturated heterocycles. The van der Waals surface area contributed by atoms with E-state index in [4.69, 9.17) is 16.7 Å². The largest absolute Gasteiger partial charge is 0.396 e. The van der Waals surface area contributed by atoms with Crippen LogP contribution in [-0.2, 0) is 10.0 Å². The average Bonchev–Trinajstić information content (AvgIpc) is 2.40. The summed E-state index contributed by atoms with van der Waals surface area (Å²) < 4.78 is 26.3. The van der Waals surface area contributed by atoms with E-state index in [1.807, 2.05) is 0 Å². The van der Waals surface area contributed by atoms with Gasteiger partial charge in [-0.2, -0.15) is 4.31 Å². The van der Waals surface area contributed by atoms with E-state index in [0.717, 1.165) is 19.3 Å². The number of benzene rings is 1. The van der Waals surface area contributed by atoms with E-state index in [1.165, 1.54) is 16.4 Å². The van der Waals surface area contributed by atoms with Crippen molar-refractivity contribution in [3.63, 3.8) is 0 Å². The summed E-state index contributed by atoms with van der Waals surface area (Å²) in [6, 6.07) is 6.26. The van der Waals surface area contributed by atoms with E-state index < -0.39 is 10.0 Å². The molecule has 106 valence electrons. The number of aliphatic hydroxyl groups is 1. The van der Waals surface area contributed by atoms with E-state index in [0.29, 0.717) is 24.0 Å². The number of halogens is 1. The molecule has 6 heteroatoms.